The number of H-pyrrole nitrogens is 2. The second kappa shape index (κ2) is 10.4. The van der Waals surface area contributed by atoms with Crippen LogP contribution in [0.15, 0.2) is 43.0 Å². The quantitative estimate of drug-likeness (QED) is 0.190. The van der Waals surface area contributed by atoms with Crippen LogP contribution in [0.5, 0.6) is 0 Å². The van der Waals surface area contributed by atoms with Crippen LogP contribution < -0.4 is 22.1 Å². The van der Waals surface area contributed by atoms with Crippen LogP contribution in [0.1, 0.15) is 17.7 Å². The van der Waals surface area contributed by atoms with Crippen molar-refractivity contribution in [2.24, 2.45) is 11.5 Å². The summed E-state index contributed by atoms with van der Waals surface area (Å²) in [7, 11) is 0. The van der Waals surface area contributed by atoms with Crippen molar-refractivity contribution in [3.8, 4) is 0 Å². The van der Waals surface area contributed by atoms with Crippen molar-refractivity contribution < 1.29 is 24.3 Å². The van der Waals surface area contributed by atoms with Crippen LogP contribution in [-0.4, -0.2) is 61.9 Å². The highest BCUT2D eigenvalue weighted by Crippen LogP contribution is 2.19. The number of carbonyl (C=O) groups excluding carboxylic acids is 3. The van der Waals surface area contributed by atoms with E-state index in [4.69, 9.17) is 11.5 Å². The maximum Gasteiger partial charge on any atom is 0.326 e. The molecule has 0 radical (unpaired) electrons. The van der Waals surface area contributed by atoms with Crippen LogP contribution in [0.4, 0.5) is 0 Å². The molecule has 0 aliphatic rings. The number of aromatic nitrogens is 3. The minimum atomic E-state index is -1.26. The molecular weight excluding hydrogens is 430 g/mol. The van der Waals surface area contributed by atoms with Gasteiger partial charge in [-0.2, -0.15) is 0 Å². The van der Waals surface area contributed by atoms with Gasteiger partial charge in [0.05, 0.1) is 18.8 Å². The molecule has 3 amide bonds. The van der Waals surface area contributed by atoms with E-state index in [1.54, 1.807) is 6.20 Å². The molecule has 2 heterocycles. The molecule has 9 N–H and O–H groups in total. The number of aliphatic carboxylic acids is 1. The Bertz CT molecular complexity index is 1140. The van der Waals surface area contributed by atoms with Crippen molar-refractivity contribution in [2.75, 3.05) is 0 Å². The van der Waals surface area contributed by atoms with Crippen LogP contribution in [0.3, 0.4) is 0 Å². The average molecular weight is 455 g/mol. The number of nitrogens with one attached hydrogen (secondary N) is 4. The minimum Gasteiger partial charge on any atom is -0.480 e. The van der Waals surface area contributed by atoms with Crippen molar-refractivity contribution >= 4 is 34.6 Å². The smallest absolute Gasteiger partial charge is 0.326 e. The lowest BCUT2D eigenvalue weighted by atomic mass is 10.0. The number of aromatic amines is 2. The summed E-state index contributed by atoms with van der Waals surface area (Å²) in [6.07, 6.45) is 4.19. The Hall–Kier alpha value is -4.19. The molecule has 3 aromatic rings. The number of imidazole rings is 1. The lowest BCUT2D eigenvalue weighted by molar-refractivity contribution is -0.142. The van der Waals surface area contributed by atoms with Gasteiger partial charge in [-0.1, -0.05) is 18.2 Å². The Kier molecular flexibility index (Phi) is 7.41. The van der Waals surface area contributed by atoms with E-state index in [1.807, 2.05) is 24.3 Å². The summed E-state index contributed by atoms with van der Waals surface area (Å²) < 4.78 is 0. The highest BCUT2D eigenvalue weighted by molar-refractivity contribution is 5.94. The number of nitrogens with two attached hydrogens (primary N) is 2. The highest BCUT2D eigenvalue weighted by Gasteiger charge is 2.29. The third-order valence-corrected chi connectivity index (χ3v) is 5.08. The molecule has 0 aliphatic heterocycles. The first-order valence-electron chi connectivity index (χ1n) is 10.1. The zero-order chi connectivity index (χ0) is 24.0. The molecule has 0 saturated carbocycles. The average Bonchev–Trinajstić information content (AvgIpc) is 3.42. The minimum absolute atomic E-state index is 0.0317. The second-order valence-corrected chi connectivity index (χ2v) is 7.58. The summed E-state index contributed by atoms with van der Waals surface area (Å²) in [4.78, 5) is 58.1. The standard InChI is InChI=1S/C21H25N7O5/c22-14(7-18(23)29)19(30)27-16(5-11-8-25-15-4-2-1-3-13(11)15)20(31)28-17(21(32)33)6-12-9-24-10-26-12/h1-4,8-10,14,16-17,25H,5-7,22H2,(H2,23,29)(H,24,26)(H,27,30)(H,28,31)(H,32,33)/t14-,16-,17-/m0/s1. The molecule has 12 nitrogen and oxygen atoms in total. The zero-order valence-corrected chi connectivity index (χ0v) is 17.6. The first kappa shape index (κ1) is 23.5. The second-order valence-electron chi connectivity index (χ2n) is 7.58. The number of rotatable bonds is 11. The van der Waals surface area contributed by atoms with Crippen molar-refractivity contribution in [1.82, 2.24) is 25.6 Å². The zero-order valence-electron chi connectivity index (χ0n) is 17.6. The van der Waals surface area contributed by atoms with Gasteiger partial charge in [-0.25, -0.2) is 9.78 Å². The molecule has 0 fully saturated rings. The van der Waals surface area contributed by atoms with E-state index >= 15 is 0 Å². The lowest BCUT2D eigenvalue weighted by Crippen LogP contribution is -2.56. The monoisotopic (exact) mass is 455 g/mol. The number of carboxylic acids is 1. The molecule has 0 spiro atoms. The maximum atomic E-state index is 13.1. The SMILES string of the molecule is NC(=O)C[C@H](N)C(=O)N[C@@H](Cc1c[nH]c2ccccc12)C(=O)N[C@@H](Cc1cnc[nH]1)C(=O)O. The topological polar surface area (TPSA) is 209 Å². The van der Waals surface area contributed by atoms with Crippen LogP contribution in [-0.2, 0) is 32.0 Å². The van der Waals surface area contributed by atoms with E-state index < -0.39 is 48.2 Å². The number of amides is 3. The van der Waals surface area contributed by atoms with Crippen molar-refractivity contribution in [2.45, 2.75) is 37.4 Å². The Morgan fingerprint density at radius 2 is 1.76 bits per heavy atom. The molecule has 3 atom stereocenters. The molecule has 2 aromatic heterocycles. The van der Waals surface area contributed by atoms with Gasteiger partial charge in [0, 0.05) is 41.8 Å². The molecule has 0 aliphatic carbocycles. The lowest BCUT2D eigenvalue weighted by Gasteiger charge is -2.22. The van der Waals surface area contributed by atoms with Gasteiger partial charge >= 0.3 is 5.97 Å². The summed E-state index contributed by atoms with van der Waals surface area (Å²) in [5, 5.41) is 15.4. The number of benzene rings is 1. The van der Waals surface area contributed by atoms with Gasteiger partial charge in [0.15, 0.2) is 0 Å². The highest BCUT2D eigenvalue weighted by atomic mass is 16.4. The van der Waals surface area contributed by atoms with E-state index in [0.717, 1.165) is 16.5 Å². The third kappa shape index (κ3) is 6.17. The maximum absolute atomic E-state index is 13.1. The van der Waals surface area contributed by atoms with Crippen molar-refractivity contribution in [3.05, 3.63) is 54.2 Å². The predicted octanol–water partition coefficient (Wildman–Crippen LogP) is -1.07. The van der Waals surface area contributed by atoms with Crippen LogP contribution in [0, 0.1) is 0 Å². The van der Waals surface area contributed by atoms with Gasteiger partial charge in [0.1, 0.15) is 12.1 Å². The molecule has 174 valence electrons. The Morgan fingerprint density at radius 3 is 2.42 bits per heavy atom. The Morgan fingerprint density at radius 1 is 1.03 bits per heavy atom. The molecule has 0 bridgehead atoms. The van der Waals surface area contributed by atoms with Crippen molar-refractivity contribution in [3.63, 3.8) is 0 Å². The normalized spacial score (nSPS) is 13.7. The largest absolute Gasteiger partial charge is 0.480 e. The fraction of sp³-hybridized carbons (Fsp3) is 0.286. The van der Waals surface area contributed by atoms with Gasteiger partial charge in [-0.3, -0.25) is 14.4 Å². The third-order valence-electron chi connectivity index (χ3n) is 5.08. The van der Waals surface area contributed by atoms with Crippen LogP contribution in [0.25, 0.3) is 10.9 Å². The molecule has 12 heteroatoms. The number of para-hydroxylation sites is 1. The number of primary amides is 1. The van der Waals surface area contributed by atoms with Crippen molar-refractivity contribution in [1.29, 1.82) is 0 Å². The summed E-state index contributed by atoms with van der Waals surface area (Å²) in [6.45, 7) is 0. The number of carboxylic acid groups (broad SMARTS) is 1. The van der Waals surface area contributed by atoms with Crippen LogP contribution in [0.2, 0.25) is 0 Å². The van der Waals surface area contributed by atoms with E-state index in [1.165, 1.54) is 12.5 Å². The fourth-order valence-electron chi connectivity index (χ4n) is 3.41. The molecule has 0 saturated heterocycles. The number of hydrogen-bond acceptors (Lipinski definition) is 6. The van der Waals surface area contributed by atoms with E-state index in [0.29, 0.717) is 5.69 Å². The fourth-order valence-corrected chi connectivity index (χ4v) is 3.41. The number of nitrogens with zero attached hydrogens (tertiary/aromatic N) is 1. The molecule has 3 rings (SSSR count). The van der Waals surface area contributed by atoms with Crippen LogP contribution >= 0.6 is 0 Å². The van der Waals surface area contributed by atoms with Gasteiger partial charge in [-0.05, 0) is 11.6 Å². The van der Waals surface area contributed by atoms with Gasteiger partial charge in [-0.15, -0.1) is 0 Å². The Balaban J connectivity index is 1.81. The molecule has 1 aromatic carbocycles. The predicted molar refractivity (Wildman–Crippen MR) is 118 cm³/mol. The van der Waals surface area contributed by atoms with Gasteiger partial charge in [0.2, 0.25) is 17.7 Å². The van der Waals surface area contributed by atoms with E-state index in [2.05, 4.69) is 25.6 Å². The first-order chi connectivity index (χ1) is 15.7. The Labute approximate surface area is 188 Å². The summed E-state index contributed by atoms with van der Waals surface area (Å²) in [5.74, 6) is -3.48. The number of fused-ring (bicyclic) bond motifs is 1. The molecule has 0 unspecified atom stereocenters. The summed E-state index contributed by atoms with van der Waals surface area (Å²) in [6, 6.07) is 3.74. The first-order valence-corrected chi connectivity index (χ1v) is 10.1. The number of hydrogen-bond donors (Lipinski definition) is 7. The van der Waals surface area contributed by atoms with Gasteiger partial charge < -0.3 is 37.2 Å². The van der Waals surface area contributed by atoms with Gasteiger partial charge in [0.25, 0.3) is 0 Å². The molecule has 33 heavy (non-hydrogen) atoms. The number of carbonyl (C=O) groups is 4. The van der Waals surface area contributed by atoms with E-state index in [-0.39, 0.29) is 12.8 Å². The summed E-state index contributed by atoms with van der Waals surface area (Å²) >= 11 is 0. The summed E-state index contributed by atoms with van der Waals surface area (Å²) in [5.41, 5.74) is 12.9. The molecular formula is C21H25N7O5. The van der Waals surface area contributed by atoms with E-state index in [9.17, 15) is 24.3 Å².